The highest BCUT2D eigenvalue weighted by Gasteiger charge is 2.11. The minimum absolute atomic E-state index is 0.171. The van der Waals surface area contributed by atoms with Gasteiger partial charge in [-0.05, 0) is 74.7 Å². The Labute approximate surface area is 206 Å². The van der Waals surface area contributed by atoms with Crippen molar-refractivity contribution in [1.29, 1.82) is 0 Å². The van der Waals surface area contributed by atoms with Crippen LogP contribution in [0.3, 0.4) is 0 Å². The molecule has 0 saturated heterocycles. The quantitative estimate of drug-likeness (QED) is 0.271. The van der Waals surface area contributed by atoms with Gasteiger partial charge >= 0.3 is 0 Å². The second-order valence-electron chi connectivity index (χ2n) is 8.86. The fourth-order valence-corrected chi connectivity index (χ4v) is 4.26. The van der Waals surface area contributed by atoms with Crippen LogP contribution in [-0.2, 0) is 13.0 Å². The van der Waals surface area contributed by atoms with E-state index in [1.807, 2.05) is 24.3 Å². The molecule has 1 N–H and O–H groups in total. The highest BCUT2D eigenvalue weighted by atomic mass is 19.1. The van der Waals surface area contributed by atoms with E-state index in [-0.39, 0.29) is 11.7 Å². The van der Waals surface area contributed by atoms with Crippen molar-refractivity contribution in [1.82, 2.24) is 14.9 Å². The number of carbonyl (C=O) groups excluding carboxylic acids is 1. The third kappa shape index (κ3) is 6.47. The zero-order chi connectivity index (χ0) is 24.6. The molecule has 0 fully saturated rings. The van der Waals surface area contributed by atoms with E-state index in [0.29, 0.717) is 18.7 Å². The molecule has 6 heteroatoms. The number of benzene rings is 3. The van der Waals surface area contributed by atoms with Gasteiger partial charge in [0.1, 0.15) is 24.0 Å². The van der Waals surface area contributed by atoms with Crippen LogP contribution in [0.5, 0.6) is 5.75 Å². The number of hydrogen-bond acceptors (Lipinski definition) is 3. The number of para-hydroxylation sites is 2. The molecule has 0 spiro atoms. The molecule has 0 radical (unpaired) electrons. The maximum Gasteiger partial charge on any atom is 0.251 e. The van der Waals surface area contributed by atoms with Gasteiger partial charge in [0.05, 0.1) is 17.6 Å². The number of nitrogens with one attached hydrogen (secondary N) is 1. The van der Waals surface area contributed by atoms with Crippen molar-refractivity contribution in [3.63, 3.8) is 0 Å². The lowest BCUT2D eigenvalue weighted by Crippen LogP contribution is -2.24. The number of unbranched alkanes of at least 4 members (excludes halogenated alkanes) is 2. The fourth-order valence-electron chi connectivity index (χ4n) is 4.26. The van der Waals surface area contributed by atoms with Gasteiger partial charge in [0.15, 0.2) is 0 Å². The topological polar surface area (TPSA) is 56.1 Å². The van der Waals surface area contributed by atoms with E-state index < -0.39 is 0 Å². The summed E-state index contributed by atoms with van der Waals surface area (Å²) in [4.78, 5) is 17.0. The summed E-state index contributed by atoms with van der Waals surface area (Å²) >= 11 is 0. The van der Waals surface area contributed by atoms with Crippen molar-refractivity contribution in [2.24, 2.45) is 0 Å². The third-order valence-corrected chi connectivity index (χ3v) is 6.11. The SMILES string of the molecule is Cc1ccc(OCCn2c(CCCCCNC(=O)c3ccc(F)cc3)nc3ccccc32)c(C)c1. The number of aryl methyl sites for hydroxylation is 3. The minimum atomic E-state index is -0.343. The van der Waals surface area contributed by atoms with Gasteiger partial charge in [0.2, 0.25) is 0 Å². The number of carbonyl (C=O) groups is 1. The summed E-state index contributed by atoms with van der Waals surface area (Å²) in [6, 6.07) is 20.0. The lowest BCUT2D eigenvalue weighted by Gasteiger charge is -2.13. The number of ether oxygens (including phenoxy) is 1. The Balaban J connectivity index is 1.28. The van der Waals surface area contributed by atoms with Crippen molar-refractivity contribution < 1.29 is 13.9 Å². The van der Waals surface area contributed by atoms with Gasteiger partial charge in [-0.1, -0.05) is 36.2 Å². The van der Waals surface area contributed by atoms with Crippen LogP contribution in [0.25, 0.3) is 11.0 Å². The molecule has 35 heavy (non-hydrogen) atoms. The second kappa shape index (κ2) is 11.6. The summed E-state index contributed by atoms with van der Waals surface area (Å²) in [5.74, 6) is 1.47. The normalized spacial score (nSPS) is 11.1. The van der Waals surface area contributed by atoms with Crippen LogP contribution in [0, 0.1) is 19.7 Å². The van der Waals surface area contributed by atoms with E-state index in [1.54, 1.807) is 0 Å². The number of fused-ring (bicyclic) bond motifs is 1. The van der Waals surface area contributed by atoms with Gasteiger partial charge in [-0.3, -0.25) is 4.79 Å². The summed E-state index contributed by atoms with van der Waals surface area (Å²) in [5.41, 5.74) is 4.97. The molecule has 0 saturated carbocycles. The maximum atomic E-state index is 13.0. The number of imidazole rings is 1. The number of hydrogen-bond donors (Lipinski definition) is 1. The van der Waals surface area contributed by atoms with Crippen molar-refractivity contribution in [3.05, 3.63) is 95.1 Å². The zero-order valence-electron chi connectivity index (χ0n) is 20.4. The highest BCUT2D eigenvalue weighted by molar-refractivity contribution is 5.94. The molecule has 0 bridgehead atoms. The van der Waals surface area contributed by atoms with Crippen LogP contribution >= 0.6 is 0 Å². The highest BCUT2D eigenvalue weighted by Crippen LogP contribution is 2.21. The standard InChI is InChI=1S/C29H32FN3O2/c1-21-11-16-27(22(2)20-21)35-19-18-33-26-9-6-5-8-25(26)32-28(33)10-4-3-7-17-31-29(34)23-12-14-24(30)15-13-23/h5-6,8-9,11-16,20H,3-4,7,10,17-19H2,1-2H3,(H,31,34). The van der Waals surface area contributed by atoms with E-state index in [0.717, 1.165) is 60.4 Å². The molecular weight excluding hydrogens is 441 g/mol. The Morgan fingerprint density at radius 1 is 1.00 bits per heavy atom. The average molecular weight is 474 g/mol. The van der Waals surface area contributed by atoms with Gasteiger partial charge in [-0.2, -0.15) is 0 Å². The predicted molar refractivity (Wildman–Crippen MR) is 137 cm³/mol. The monoisotopic (exact) mass is 473 g/mol. The van der Waals surface area contributed by atoms with E-state index in [1.165, 1.54) is 29.8 Å². The van der Waals surface area contributed by atoms with Gasteiger partial charge in [0, 0.05) is 18.5 Å². The van der Waals surface area contributed by atoms with Crippen LogP contribution in [0.4, 0.5) is 4.39 Å². The molecule has 182 valence electrons. The maximum absolute atomic E-state index is 13.0. The fraction of sp³-hybridized carbons (Fsp3) is 0.310. The molecule has 0 aliphatic rings. The first kappa shape index (κ1) is 24.5. The lowest BCUT2D eigenvalue weighted by atomic mass is 10.1. The summed E-state index contributed by atoms with van der Waals surface area (Å²) in [7, 11) is 0. The predicted octanol–water partition coefficient (Wildman–Crippen LogP) is 6.01. The van der Waals surface area contributed by atoms with Crippen LogP contribution in [-0.4, -0.2) is 28.6 Å². The number of rotatable bonds is 11. The molecule has 1 heterocycles. The number of nitrogens with zero attached hydrogens (tertiary/aromatic N) is 2. The molecule has 5 nitrogen and oxygen atoms in total. The molecule has 0 atom stereocenters. The minimum Gasteiger partial charge on any atom is -0.491 e. The van der Waals surface area contributed by atoms with Crippen molar-refractivity contribution in [2.45, 2.75) is 46.1 Å². The first-order chi connectivity index (χ1) is 17.0. The van der Waals surface area contributed by atoms with Gasteiger partial charge in [-0.15, -0.1) is 0 Å². The van der Waals surface area contributed by atoms with Gasteiger partial charge in [0.25, 0.3) is 5.91 Å². The second-order valence-corrected chi connectivity index (χ2v) is 8.86. The average Bonchev–Trinajstić information content (AvgIpc) is 3.20. The van der Waals surface area contributed by atoms with Crippen LogP contribution in [0.1, 0.15) is 46.6 Å². The Bertz CT molecular complexity index is 1280. The summed E-state index contributed by atoms with van der Waals surface area (Å²) in [6.07, 6.45) is 3.70. The van der Waals surface area contributed by atoms with Gasteiger partial charge in [-0.25, -0.2) is 9.37 Å². The van der Waals surface area contributed by atoms with E-state index >= 15 is 0 Å². The molecular formula is C29H32FN3O2. The number of aromatic nitrogens is 2. The molecule has 0 aliphatic carbocycles. The van der Waals surface area contributed by atoms with Crippen molar-refractivity contribution >= 4 is 16.9 Å². The molecule has 0 unspecified atom stereocenters. The van der Waals surface area contributed by atoms with Crippen LogP contribution in [0.2, 0.25) is 0 Å². The third-order valence-electron chi connectivity index (χ3n) is 6.11. The smallest absolute Gasteiger partial charge is 0.251 e. The Hall–Kier alpha value is -3.67. The summed E-state index contributed by atoms with van der Waals surface area (Å²) in [5, 5.41) is 2.90. The summed E-state index contributed by atoms with van der Waals surface area (Å²) < 4.78 is 21.3. The molecule has 4 rings (SSSR count). The Morgan fingerprint density at radius 3 is 2.60 bits per heavy atom. The van der Waals surface area contributed by atoms with Crippen LogP contribution < -0.4 is 10.1 Å². The first-order valence-corrected chi connectivity index (χ1v) is 12.2. The van der Waals surface area contributed by atoms with Gasteiger partial charge < -0.3 is 14.6 Å². The van der Waals surface area contributed by atoms with Crippen molar-refractivity contribution in [2.75, 3.05) is 13.2 Å². The summed E-state index contributed by atoms with van der Waals surface area (Å²) in [6.45, 7) is 6.06. The van der Waals surface area contributed by atoms with E-state index in [4.69, 9.17) is 9.72 Å². The molecule has 0 aliphatic heterocycles. The molecule has 1 amide bonds. The largest absolute Gasteiger partial charge is 0.491 e. The molecule has 3 aromatic carbocycles. The number of amides is 1. The van der Waals surface area contributed by atoms with E-state index in [2.05, 4.69) is 41.9 Å². The molecule has 4 aromatic rings. The zero-order valence-corrected chi connectivity index (χ0v) is 20.4. The Morgan fingerprint density at radius 2 is 1.80 bits per heavy atom. The number of halogens is 1. The van der Waals surface area contributed by atoms with E-state index in [9.17, 15) is 9.18 Å². The Kier molecular flexibility index (Phi) is 8.14. The first-order valence-electron chi connectivity index (χ1n) is 12.2. The molecule has 1 aromatic heterocycles. The van der Waals surface area contributed by atoms with Crippen LogP contribution in [0.15, 0.2) is 66.7 Å². The van der Waals surface area contributed by atoms with Crippen molar-refractivity contribution in [3.8, 4) is 5.75 Å². The lowest BCUT2D eigenvalue weighted by molar-refractivity contribution is 0.0953.